The number of esters is 1. The van der Waals surface area contributed by atoms with Crippen LogP contribution < -0.4 is 4.74 Å². The van der Waals surface area contributed by atoms with Gasteiger partial charge in [0.25, 0.3) is 0 Å². The summed E-state index contributed by atoms with van der Waals surface area (Å²) in [7, 11) is 0. The number of ether oxygens (including phenoxy) is 2. The van der Waals surface area contributed by atoms with Crippen LogP contribution in [-0.2, 0) is 9.53 Å². The maximum absolute atomic E-state index is 13.3. The van der Waals surface area contributed by atoms with E-state index in [0.29, 0.717) is 5.02 Å². The van der Waals surface area contributed by atoms with Gasteiger partial charge in [0, 0.05) is 10.6 Å². The monoisotopic (exact) mass is 356 g/mol. The number of benzene rings is 2. The zero-order valence-corrected chi connectivity index (χ0v) is 13.2. The topological polar surface area (TPSA) is 52.6 Å². The first kappa shape index (κ1) is 17.2. The molecule has 23 heavy (non-hydrogen) atoms. The summed E-state index contributed by atoms with van der Waals surface area (Å²) in [6.07, 6.45) is 0. The van der Waals surface area contributed by atoms with Crippen LogP contribution in [0.2, 0.25) is 10.0 Å². The first-order valence-electron chi connectivity index (χ1n) is 6.48. The van der Waals surface area contributed by atoms with Crippen molar-refractivity contribution < 1.29 is 23.5 Å². The third kappa shape index (κ3) is 4.94. The number of Topliss-reactive ketones (excluding diaryl/α,β-unsaturated/α-hetero) is 1. The van der Waals surface area contributed by atoms with Gasteiger partial charge in [-0.05, 0) is 30.3 Å². The van der Waals surface area contributed by atoms with Crippen LogP contribution in [0.3, 0.4) is 0 Å². The van der Waals surface area contributed by atoms with Crippen molar-refractivity contribution in [3.05, 3.63) is 63.9 Å². The lowest BCUT2D eigenvalue weighted by molar-refractivity contribution is -0.144. The SMILES string of the molecule is O=C(COc1ccccc1F)OCC(=O)c1ccc(Cl)cc1Cl. The summed E-state index contributed by atoms with van der Waals surface area (Å²) in [6, 6.07) is 10.00. The molecule has 0 radical (unpaired) electrons. The second-order valence-corrected chi connectivity index (χ2v) is 5.27. The molecule has 0 heterocycles. The molecule has 0 bridgehead atoms. The number of halogens is 3. The van der Waals surface area contributed by atoms with Crippen LogP contribution >= 0.6 is 23.2 Å². The van der Waals surface area contributed by atoms with Crippen LogP contribution in [0.15, 0.2) is 42.5 Å². The van der Waals surface area contributed by atoms with Gasteiger partial charge in [0.1, 0.15) is 0 Å². The maximum atomic E-state index is 13.3. The van der Waals surface area contributed by atoms with Crippen molar-refractivity contribution in [2.45, 2.75) is 0 Å². The molecule has 2 aromatic carbocycles. The van der Waals surface area contributed by atoms with E-state index >= 15 is 0 Å². The molecule has 0 aliphatic carbocycles. The molecule has 0 N–H and O–H groups in total. The van der Waals surface area contributed by atoms with Gasteiger partial charge in [0.2, 0.25) is 5.78 Å². The van der Waals surface area contributed by atoms with E-state index in [0.717, 1.165) is 0 Å². The smallest absolute Gasteiger partial charge is 0.344 e. The van der Waals surface area contributed by atoms with Gasteiger partial charge in [0.05, 0.1) is 5.02 Å². The maximum Gasteiger partial charge on any atom is 0.344 e. The van der Waals surface area contributed by atoms with Gasteiger partial charge in [-0.15, -0.1) is 0 Å². The van der Waals surface area contributed by atoms with Gasteiger partial charge in [0.15, 0.2) is 24.8 Å². The van der Waals surface area contributed by atoms with Gasteiger partial charge in [-0.3, -0.25) is 4.79 Å². The van der Waals surface area contributed by atoms with Gasteiger partial charge in [-0.2, -0.15) is 0 Å². The van der Waals surface area contributed by atoms with E-state index in [4.69, 9.17) is 32.7 Å². The molecule has 0 unspecified atom stereocenters. The van der Waals surface area contributed by atoms with Gasteiger partial charge < -0.3 is 9.47 Å². The highest BCUT2D eigenvalue weighted by molar-refractivity contribution is 6.36. The van der Waals surface area contributed by atoms with Gasteiger partial charge >= 0.3 is 5.97 Å². The Bertz CT molecular complexity index is 734. The molecule has 2 aromatic rings. The Morgan fingerprint density at radius 3 is 2.48 bits per heavy atom. The zero-order valence-electron chi connectivity index (χ0n) is 11.7. The third-order valence-electron chi connectivity index (χ3n) is 2.78. The summed E-state index contributed by atoms with van der Waals surface area (Å²) in [5.41, 5.74) is 0.193. The standard InChI is InChI=1S/C16H11Cl2FO4/c17-10-5-6-11(12(18)7-10)14(20)8-23-16(21)9-22-15-4-2-1-3-13(15)19/h1-7H,8-9H2. The lowest BCUT2D eigenvalue weighted by Crippen LogP contribution is -2.20. The molecule has 0 atom stereocenters. The molecule has 0 saturated heterocycles. The van der Waals surface area contributed by atoms with E-state index in [-0.39, 0.29) is 16.3 Å². The number of rotatable bonds is 6. The summed E-state index contributed by atoms with van der Waals surface area (Å²) in [4.78, 5) is 23.4. The molecule has 0 spiro atoms. The minimum absolute atomic E-state index is 0.0727. The highest BCUT2D eigenvalue weighted by Crippen LogP contribution is 2.21. The molecule has 0 aliphatic heterocycles. The van der Waals surface area contributed by atoms with E-state index in [1.165, 1.54) is 36.4 Å². The van der Waals surface area contributed by atoms with Crippen molar-refractivity contribution in [3.63, 3.8) is 0 Å². The van der Waals surface area contributed by atoms with Crippen LogP contribution in [0.4, 0.5) is 4.39 Å². The Labute approximate surface area is 141 Å². The average molecular weight is 357 g/mol. The Balaban J connectivity index is 1.84. The second-order valence-electron chi connectivity index (χ2n) is 4.43. The molecule has 2 rings (SSSR count). The lowest BCUT2D eigenvalue weighted by atomic mass is 10.1. The number of hydrogen-bond donors (Lipinski definition) is 0. The molecule has 120 valence electrons. The third-order valence-corrected chi connectivity index (χ3v) is 3.33. The van der Waals surface area contributed by atoms with Crippen LogP contribution in [-0.4, -0.2) is 25.0 Å². The largest absolute Gasteiger partial charge is 0.479 e. The zero-order chi connectivity index (χ0) is 16.8. The normalized spacial score (nSPS) is 10.2. The Morgan fingerprint density at radius 1 is 1.04 bits per heavy atom. The minimum atomic E-state index is -0.799. The summed E-state index contributed by atoms with van der Waals surface area (Å²) >= 11 is 11.6. The van der Waals surface area contributed by atoms with Crippen molar-refractivity contribution in [1.82, 2.24) is 0 Å². The molecule has 0 saturated carbocycles. The molecule has 7 heteroatoms. The summed E-state index contributed by atoms with van der Waals surface area (Å²) in [6.45, 7) is -1.01. The Morgan fingerprint density at radius 2 is 1.78 bits per heavy atom. The first-order chi connectivity index (χ1) is 11.0. The first-order valence-corrected chi connectivity index (χ1v) is 7.24. The number of hydrogen-bond acceptors (Lipinski definition) is 4. The predicted molar refractivity (Wildman–Crippen MR) is 83.6 cm³/mol. The molecule has 0 amide bonds. The molecule has 4 nitrogen and oxygen atoms in total. The highest BCUT2D eigenvalue weighted by atomic mass is 35.5. The van der Waals surface area contributed by atoms with E-state index in [1.807, 2.05) is 0 Å². The summed E-state index contributed by atoms with van der Waals surface area (Å²) in [5.74, 6) is -1.95. The number of carbonyl (C=O) groups excluding carboxylic acids is 2. The summed E-state index contributed by atoms with van der Waals surface area (Å²) in [5, 5.41) is 0.558. The molecule has 0 aromatic heterocycles. The average Bonchev–Trinajstić information content (AvgIpc) is 2.52. The molecule has 0 fully saturated rings. The van der Waals surface area contributed by atoms with E-state index in [2.05, 4.69) is 0 Å². The fourth-order valence-electron chi connectivity index (χ4n) is 1.68. The molecule has 0 aliphatic rings. The van der Waals surface area contributed by atoms with Crippen molar-refractivity contribution >= 4 is 35.0 Å². The number of ketones is 1. The van der Waals surface area contributed by atoms with Crippen molar-refractivity contribution in [2.75, 3.05) is 13.2 Å². The summed E-state index contributed by atoms with van der Waals surface area (Å²) < 4.78 is 23.0. The fraction of sp³-hybridized carbons (Fsp3) is 0.125. The Hall–Kier alpha value is -2.11. The van der Waals surface area contributed by atoms with Crippen LogP contribution in [0.1, 0.15) is 10.4 Å². The fourth-order valence-corrected chi connectivity index (χ4v) is 2.19. The van der Waals surface area contributed by atoms with Crippen molar-refractivity contribution in [1.29, 1.82) is 0 Å². The Kier molecular flexibility index (Phi) is 5.96. The van der Waals surface area contributed by atoms with E-state index in [1.54, 1.807) is 6.07 Å². The highest BCUT2D eigenvalue weighted by Gasteiger charge is 2.14. The molecular formula is C16H11Cl2FO4. The number of para-hydroxylation sites is 1. The quantitative estimate of drug-likeness (QED) is 0.581. The lowest BCUT2D eigenvalue weighted by Gasteiger charge is -2.08. The number of carbonyl (C=O) groups is 2. The van der Waals surface area contributed by atoms with Gasteiger partial charge in [-0.25, -0.2) is 9.18 Å². The van der Waals surface area contributed by atoms with Crippen LogP contribution in [0.5, 0.6) is 5.75 Å². The predicted octanol–water partition coefficient (Wildman–Crippen LogP) is 3.94. The van der Waals surface area contributed by atoms with E-state index in [9.17, 15) is 14.0 Å². The van der Waals surface area contributed by atoms with Crippen LogP contribution in [0.25, 0.3) is 0 Å². The van der Waals surface area contributed by atoms with E-state index < -0.39 is 30.8 Å². The van der Waals surface area contributed by atoms with Crippen molar-refractivity contribution in [3.8, 4) is 5.75 Å². The molecular weight excluding hydrogens is 346 g/mol. The van der Waals surface area contributed by atoms with Crippen LogP contribution in [0, 0.1) is 5.82 Å². The minimum Gasteiger partial charge on any atom is -0.479 e. The van der Waals surface area contributed by atoms with Gasteiger partial charge in [-0.1, -0.05) is 35.3 Å². The van der Waals surface area contributed by atoms with Crippen molar-refractivity contribution in [2.24, 2.45) is 0 Å². The second kappa shape index (κ2) is 7.94.